The number of carbonyl (C=O) groups excluding carboxylic acids is 1. The van der Waals surface area contributed by atoms with Crippen molar-refractivity contribution < 1.29 is 19.0 Å². The van der Waals surface area contributed by atoms with Crippen LogP contribution in [0.2, 0.25) is 0 Å². The van der Waals surface area contributed by atoms with Gasteiger partial charge >= 0.3 is 5.97 Å². The first-order chi connectivity index (χ1) is 11.3. The predicted molar refractivity (Wildman–Crippen MR) is 95.0 cm³/mol. The van der Waals surface area contributed by atoms with Crippen LogP contribution in [0, 0.1) is 0 Å². The van der Waals surface area contributed by atoms with E-state index in [1.54, 1.807) is 26.4 Å². The minimum absolute atomic E-state index is 0.0848. The second-order valence-corrected chi connectivity index (χ2v) is 6.57. The Balaban J connectivity index is 2.58. The van der Waals surface area contributed by atoms with E-state index in [1.807, 2.05) is 12.1 Å². The molecule has 2 rings (SSSR count). The lowest BCUT2D eigenvalue weighted by molar-refractivity contribution is 0.0600. The van der Waals surface area contributed by atoms with E-state index in [0.29, 0.717) is 17.1 Å². The second kappa shape index (κ2) is 6.95. The molecule has 0 saturated heterocycles. The molecule has 2 aromatic carbocycles. The third-order valence-electron chi connectivity index (χ3n) is 3.97. The molecule has 0 aliphatic carbocycles. The van der Waals surface area contributed by atoms with Crippen LogP contribution in [0.1, 0.15) is 36.7 Å². The average molecular weight is 328 g/mol. The highest BCUT2D eigenvalue weighted by atomic mass is 16.5. The smallest absolute Gasteiger partial charge is 0.338 e. The average Bonchev–Trinajstić information content (AvgIpc) is 2.59. The van der Waals surface area contributed by atoms with Crippen LogP contribution < -0.4 is 9.47 Å². The molecule has 0 unspecified atom stereocenters. The molecule has 0 N–H and O–H groups in total. The van der Waals surface area contributed by atoms with Gasteiger partial charge in [-0.25, -0.2) is 4.79 Å². The van der Waals surface area contributed by atoms with Crippen LogP contribution in [-0.4, -0.2) is 27.3 Å². The number of hydrogen-bond acceptors (Lipinski definition) is 4. The molecule has 128 valence electrons. The number of ether oxygens (including phenoxy) is 3. The maximum atomic E-state index is 11.8. The predicted octanol–water partition coefficient (Wildman–Crippen LogP) is 4.45. The second-order valence-electron chi connectivity index (χ2n) is 6.57. The lowest BCUT2D eigenvalue weighted by atomic mass is 9.86. The van der Waals surface area contributed by atoms with Crippen LogP contribution in [0.5, 0.6) is 11.5 Å². The summed E-state index contributed by atoms with van der Waals surface area (Å²) in [6.07, 6.45) is 0. The summed E-state index contributed by atoms with van der Waals surface area (Å²) in [6.45, 7) is 6.52. The van der Waals surface area contributed by atoms with Crippen LogP contribution in [-0.2, 0) is 10.2 Å². The van der Waals surface area contributed by atoms with Gasteiger partial charge < -0.3 is 14.2 Å². The lowest BCUT2D eigenvalue weighted by Gasteiger charge is -2.20. The highest BCUT2D eigenvalue weighted by Crippen LogP contribution is 2.40. The molecular formula is C20H24O4. The highest BCUT2D eigenvalue weighted by molar-refractivity contribution is 5.93. The van der Waals surface area contributed by atoms with E-state index in [9.17, 15) is 4.79 Å². The lowest BCUT2D eigenvalue weighted by Crippen LogP contribution is -2.10. The van der Waals surface area contributed by atoms with Gasteiger partial charge in [0, 0.05) is 0 Å². The van der Waals surface area contributed by atoms with Gasteiger partial charge in [-0.2, -0.15) is 0 Å². The van der Waals surface area contributed by atoms with Crippen molar-refractivity contribution in [3.63, 3.8) is 0 Å². The molecule has 0 heterocycles. The molecule has 0 aliphatic heterocycles. The van der Waals surface area contributed by atoms with Gasteiger partial charge in [0.15, 0.2) is 0 Å². The molecule has 2 aromatic rings. The van der Waals surface area contributed by atoms with Crippen LogP contribution in [0.25, 0.3) is 11.1 Å². The summed E-state index contributed by atoms with van der Waals surface area (Å²) in [5.41, 5.74) is 3.50. The molecule has 0 saturated carbocycles. The quantitative estimate of drug-likeness (QED) is 0.778. The summed E-state index contributed by atoms with van der Waals surface area (Å²) in [6, 6.07) is 11.6. The fraction of sp³-hybridized carbons (Fsp3) is 0.350. The van der Waals surface area contributed by atoms with Crippen molar-refractivity contribution in [1.29, 1.82) is 0 Å². The zero-order valence-corrected chi connectivity index (χ0v) is 15.1. The summed E-state index contributed by atoms with van der Waals surface area (Å²) >= 11 is 0. The normalized spacial score (nSPS) is 11.1. The van der Waals surface area contributed by atoms with Gasteiger partial charge in [0.25, 0.3) is 0 Å². The molecule has 0 spiro atoms. The molecule has 4 heteroatoms. The molecule has 0 aliphatic rings. The third-order valence-corrected chi connectivity index (χ3v) is 3.97. The number of hydrogen-bond donors (Lipinski definition) is 0. The van der Waals surface area contributed by atoms with Crippen LogP contribution in [0.4, 0.5) is 0 Å². The Morgan fingerprint density at radius 1 is 0.875 bits per heavy atom. The van der Waals surface area contributed by atoms with Gasteiger partial charge in [0.2, 0.25) is 0 Å². The van der Waals surface area contributed by atoms with Gasteiger partial charge in [-0.15, -0.1) is 0 Å². The van der Waals surface area contributed by atoms with Crippen LogP contribution >= 0.6 is 0 Å². The molecule has 4 nitrogen and oxygen atoms in total. The SMILES string of the molecule is COC(=O)c1cc(OC)c(-c2ccc(C(C)(C)C)cc2)c(OC)c1. The maximum Gasteiger partial charge on any atom is 0.338 e. The van der Waals surface area contributed by atoms with E-state index in [2.05, 4.69) is 32.9 Å². The van der Waals surface area contributed by atoms with Gasteiger partial charge in [-0.1, -0.05) is 45.0 Å². The van der Waals surface area contributed by atoms with E-state index in [1.165, 1.54) is 12.7 Å². The molecule has 0 amide bonds. The largest absolute Gasteiger partial charge is 0.496 e. The first-order valence-corrected chi connectivity index (χ1v) is 7.77. The summed E-state index contributed by atoms with van der Waals surface area (Å²) in [4.78, 5) is 11.8. The molecule has 0 bridgehead atoms. The fourth-order valence-corrected chi connectivity index (χ4v) is 2.57. The van der Waals surface area contributed by atoms with Crippen molar-refractivity contribution in [2.45, 2.75) is 26.2 Å². The number of esters is 1. The van der Waals surface area contributed by atoms with E-state index in [-0.39, 0.29) is 5.41 Å². The number of benzene rings is 2. The third kappa shape index (κ3) is 3.53. The first-order valence-electron chi connectivity index (χ1n) is 7.77. The van der Waals surface area contributed by atoms with Gasteiger partial charge in [0.1, 0.15) is 11.5 Å². The Bertz CT molecular complexity index is 699. The molecule has 0 aromatic heterocycles. The van der Waals surface area contributed by atoms with Crippen molar-refractivity contribution in [1.82, 2.24) is 0 Å². The molecule has 24 heavy (non-hydrogen) atoms. The van der Waals surface area contributed by atoms with Gasteiger partial charge in [0.05, 0.1) is 32.5 Å². The van der Waals surface area contributed by atoms with Gasteiger partial charge in [-0.05, 0) is 28.7 Å². The Hall–Kier alpha value is -2.49. The standard InChI is InChI=1S/C20H24O4/c1-20(2,3)15-9-7-13(8-10-15)18-16(22-4)11-14(19(21)24-6)12-17(18)23-5/h7-12H,1-6H3. The Kier molecular flexibility index (Phi) is 5.17. The van der Waals surface area contributed by atoms with Gasteiger partial charge in [-0.3, -0.25) is 0 Å². The van der Waals surface area contributed by atoms with E-state index in [0.717, 1.165) is 11.1 Å². The first kappa shape index (κ1) is 17.9. The Morgan fingerprint density at radius 3 is 1.75 bits per heavy atom. The van der Waals surface area contributed by atoms with Crippen LogP contribution in [0.3, 0.4) is 0 Å². The molecular weight excluding hydrogens is 304 g/mol. The van der Waals surface area contributed by atoms with E-state index in [4.69, 9.17) is 14.2 Å². The van der Waals surface area contributed by atoms with Crippen molar-refractivity contribution in [3.05, 3.63) is 47.5 Å². The Morgan fingerprint density at radius 2 is 1.38 bits per heavy atom. The van der Waals surface area contributed by atoms with E-state index < -0.39 is 5.97 Å². The number of carbonyl (C=O) groups is 1. The summed E-state index contributed by atoms with van der Waals surface area (Å²) in [7, 11) is 4.49. The minimum Gasteiger partial charge on any atom is -0.496 e. The summed E-state index contributed by atoms with van der Waals surface area (Å²) < 4.78 is 15.8. The van der Waals surface area contributed by atoms with Crippen LogP contribution in [0.15, 0.2) is 36.4 Å². The van der Waals surface area contributed by atoms with Crippen molar-refractivity contribution in [2.75, 3.05) is 21.3 Å². The topological polar surface area (TPSA) is 44.8 Å². The van der Waals surface area contributed by atoms with E-state index >= 15 is 0 Å². The zero-order chi connectivity index (χ0) is 17.9. The molecule has 0 radical (unpaired) electrons. The maximum absolute atomic E-state index is 11.8. The van der Waals surface area contributed by atoms with Crippen molar-refractivity contribution in [2.24, 2.45) is 0 Å². The summed E-state index contributed by atoms with van der Waals surface area (Å²) in [5.74, 6) is 0.706. The number of rotatable bonds is 4. The Labute approximate surface area is 143 Å². The fourth-order valence-electron chi connectivity index (χ4n) is 2.57. The number of methoxy groups -OCH3 is 3. The zero-order valence-electron chi connectivity index (χ0n) is 15.1. The van der Waals surface area contributed by atoms with Crippen molar-refractivity contribution >= 4 is 5.97 Å². The monoisotopic (exact) mass is 328 g/mol. The van der Waals surface area contributed by atoms with Crippen molar-refractivity contribution in [3.8, 4) is 22.6 Å². The molecule has 0 fully saturated rings. The highest BCUT2D eigenvalue weighted by Gasteiger charge is 2.19. The summed E-state index contributed by atoms with van der Waals surface area (Å²) in [5, 5.41) is 0. The molecule has 0 atom stereocenters. The minimum atomic E-state index is -0.429.